The van der Waals surface area contributed by atoms with Crippen molar-refractivity contribution in [3.05, 3.63) is 89.0 Å². The molecule has 42 heavy (non-hydrogen) atoms. The standard InChI is InChI=1S/C33H35N3O6/c37-31-20-35(25-12-16-41-17-13-25)14-15-36(31)26-10-8-22(9-11-26)18-30(32(38)39)34-33(40)42-21-24-5-3-7-28-27-6-2-1-4-23(27)19-29(24)28/h1-11,25,30H,12-21H2,(H,34,40)(H,38,39). The summed E-state index contributed by atoms with van der Waals surface area (Å²) in [7, 11) is 0. The second-order valence-corrected chi connectivity index (χ2v) is 11.1. The number of carboxylic acid groups (broad SMARTS) is 1. The summed E-state index contributed by atoms with van der Waals surface area (Å²) >= 11 is 0. The number of aliphatic carboxylic acids is 1. The molecule has 1 unspecified atom stereocenters. The molecule has 218 valence electrons. The number of piperazine rings is 1. The topological polar surface area (TPSA) is 108 Å². The number of nitrogens with zero attached hydrogens (tertiary/aromatic N) is 2. The molecule has 3 aliphatic rings. The molecule has 2 heterocycles. The third-order valence-electron chi connectivity index (χ3n) is 8.54. The first-order chi connectivity index (χ1) is 20.5. The van der Waals surface area contributed by atoms with Gasteiger partial charge in [0.15, 0.2) is 0 Å². The quantitative estimate of drug-likeness (QED) is 0.330. The number of hydrogen-bond acceptors (Lipinski definition) is 6. The van der Waals surface area contributed by atoms with Gasteiger partial charge in [0, 0.05) is 44.5 Å². The van der Waals surface area contributed by atoms with Gasteiger partial charge in [-0.2, -0.15) is 0 Å². The van der Waals surface area contributed by atoms with E-state index >= 15 is 0 Å². The highest BCUT2D eigenvalue weighted by Crippen LogP contribution is 2.38. The van der Waals surface area contributed by atoms with E-state index in [1.165, 1.54) is 11.1 Å². The summed E-state index contributed by atoms with van der Waals surface area (Å²) < 4.78 is 10.9. The smallest absolute Gasteiger partial charge is 0.408 e. The van der Waals surface area contributed by atoms with Crippen LogP contribution in [0.5, 0.6) is 0 Å². The van der Waals surface area contributed by atoms with Crippen molar-refractivity contribution in [3.8, 4) is 11.1 Å². The van der Waals surface area contributed by atoms with Gasteiger partial charge in [-0.25, -0.2) is 9.59 Å². The molecule has 9 nitrogen and oxygen atoms in total. The molecular formula is C33H35N3O6. The summed E-state index contributed by atoms with van der Waals surface area (Å²) in [4.78, 5) is 41.6. The molecular weight excluding hydrogens is 534 g/mol. The van der Waals surface area contributed by atoms with Crippen LogP contribution in [0.2, 0.25) is 0 Å². The summed E-state index contributed by atoms with van der Waals surface area (Å²) in [6, 6.07) is 20.7. The predicted molar refractivity (Wildman–Crippen MR) is 157 cm³/mol. The monoisotopic (exact) mass is 569 g/mol. The molecule has 2 amide bonds. The van der Waals surface area contributed by atoms with E-state index in [1.54, 1.807) is 17.0 Å². The van der Waals surface area contributed by atoms with E-state index in [-0.39, 0.29) is 18.9 Å². The lowest BCUT2D eigenvalue weighted by Crippen LogP contribution is -2.54. The fraction of sp³-hybridized carbons (Fsp3) is 0.364. The van der Waals surface area contributed by atoms with Gasteiger partial charge in [-0.15, -0.1) is 0 Å². The van der Waals surface area contributed by atoms with Gasteiger partial charge in [0.1, 0.15) is 12.6 Å². The Bertz CT molecular complexity index is 1470. The van der Waals surface area contributed by atoms with Gasteiger partial charge in [0.05, 0.1) is 6.54 Å². The van der Waals surface area contributed by atoms with Gasteiger partial charge < -0.3 is 24.8 Å². The number of anilines is 1. The zero-order valence-corrected chi connectivity index (χ0v) is 23.5. The van der Waals surface area contributed by atoms with Crippen LogP contribution in [0, 0.1) is 0 Å². The molecule has 6 rings (SSSR count). The van der Waals surface area contributed by atoms with Crippen molar-refractivity contribution in [1.29, 1.82) is 0 Å². The van der Waals surface area contributed by atoms with Crippen LogP contribution in [0.3, 0.4) is 0 Å². The van der Waals surface area contributed by atoms with Crippen molar-refractivity contribution < 1.29 is 29.0 Å². The zero-order chi connectivity index (χ0) is 29.1. The van der Waals surface area contributed by atoms with E-state index in [9.17, 15) is 19.5 Å². The summed E-state index contributed by atoms with van der Waals surface area (Å²) in [5, 5.41) is 12.3. The Balaban J connectivity index is 1.02. The zero-order valence-electron chi connectivity index (χ0n) is 23.5. The number of carbonyl (C=O) groups excluding carboxylic acids is 2. The molecule has 3 aromatic carbocycles. The number of nitrogens with one attached hydrogen (secondary N) is 1. The molecule has 0 saturated carbocycles. The first-order valence-corrected chi connectivity index (χ1v) is 14.5. The molecule has 0 spiro atoms. The molecule has 1 atom stereocenters. The van der Waals surface area contributed by atoms with Crippen LogP contribution in [0.15, 0.2) is 66.7 Å². The minimum Gasteiger partial charge on any atom is -0.480 e. The van der Waals surface area contributed by atoms with Crippen LogP contribution >= 0.6 is 0 Å². The normalized spacial score (nSPS) is 17.8. The van der Waals surface area contributed by atoms with E-state index in [4.69, 9.17) is 9.47 Å². The first kappa shape index (κ1) is 27.9. The Labute approximate surface area is 245 Å². The minimum absolute atomic E-state index is 0.0554. The largest absolute Gasteiger partial charge is 0.480 e. The number of fused-ring (bicyclic) bond motifs is 3. The Morgan fingerprint density at radius 3 is 2.50 bits per heavy atom. The van der Waals surface area contributed by atoms with Gasteiger partial charge in [0.2, 0.25) is 5.91 Å². The second kappa shape index (κ2) is 12.3. The van der Waals surface area contributed by atoms with Crippen molar-refractivity contribution in [2.75, 3.05) is 37.7 Å². The van der Waals surface area contributed by atoms with Gasteiger partial charge in [0.25, 0.3) is 0 Å². The number of rotatable bonds is 8. The second-order valence-electron chi connectivity index (χ2n) is 11.1. The van der Waals surface area contributed by atoms with E-state index < -0.39 is 18.1 Å². The average Bonchev–Trinajstić information content (AvgIpc) is 3.40. The van der Waals surface area contributed by atoms with Gasteiger partial charge in [-0.05, 0) is 64.8 Å². The molecule has 2 N–H and O–H groups in total. The summed E-state index contributed by atoms with van der Waals surface area (Å²) in [5.74, 6) is -1.09. The maximum Gasteiger partial charge on any atom is 0.408 e. The third-order valence-corrected chi connectivity index (χ3v) is 8.54. The van der Waals surface area contributed by atoms with Crippen molar-refractivity contribution in [2.45, 2.75) is 44.4 Å². The lowest BCUT2D eigenvalue weighted by Gasteiger charge is -2.40. The summed E-state index contributed by atoms with van der Waals surface area (Å²) in [6.07, 6.45) is 2.00. The van der Waals surface area contributed by atoms with Crippen molar-refractivity contribution >= 4 is 23.7 Å². The van der Waals surface area contributed by atoms with E-state index in [1.807, 2.05) is 36.4 Å². The number of amides is 2. The Hall–Kier alpha value is -4.21. The lowest BCUT2D eigenvalue weighted by atomic mass is 10.0. The Morgan fingerprint density at radius 2 is 1.74 bits per heavy atom. The number of carbonyl (C=O) groups is 3. The van der Waals surface area contributed by atoms with Crippen molar-refractivity contribution in [3.63, 3.8) is 0 Å². The number of carboxylic acids is 1. The molecule has 2 fully saturated rings. The van der Waals surface area contributed by atoms with Crippen LogP contribution in [-0.2, 0) is 38.5 Å². The maximum atomic E-state index is 12.9. The molecule has 9 heteroatoms. The molecule has 2 saturated heterocycles. The number of benzene rings is 3. The van der Waals surface area contributed by atoms with Crippen LogP contribution in [-0.4, -0.2) is 72.9 Å². The van der Waals surface area contributed by atoms with E-state index in [0.29, 0.717) is 19.1 Å². The van der Waals surface area contributed by atoms with Crippen molar-refractivity contribution in [1.82, 2.24) is 10.2 Å². The fourth-order valence-corrected chi connectivity index (χ4v) is 6.26. The van der Waals surface area contributed by atoms with Gasteiger partial charge in [-0.1, -0.05) is 54.6 Å². The van der Waals surface area contributed by atoms with E-state index in [2.05, 4.69) is 28.4 Å². The molecule has 2 aliphatic heterocycles. The number of ether oxygens (including phenoxy) is 2. The highest BCUT2D eigenvalue weighted by Gasteiger charge is 2.31. The van der Waals surface area contributed by atoms with E-state index in [0.717, 1.165) is 67.0 Å². The molecule has 3 aromatic rings. The first-order valence-electron chi connectivity index (χ1n) is 14.5. The van der Waals surface area contributed by atoms with Gasteiger partial charge >= 0.3 is 12.1 Å². The SMILES string of the molecule is O=C(NC(Cc1ccc(N2CCN(C3CCOCC3)CC2=O)cc1)C(=O)O)OCc1cccc2c1Cc1ccccc1-2. The minimum atomic E-state index is -1.15. The van der Waals surface area contributed by atoms with Gasteiger partial charge in [-0.3, -0.25) is 9.69 Å². The van der Waals surface area contributed by atoms with Crippen molar-refractivity contribution in [2.24, 2.45) is 0 Å². The average molecular weight is 570 g/mol. The number of hydrogen-bond donors (Lipinski definition) is 2. The lowest BCUT2D eigenvalue weighted by molar-refractivity contribution is -0.139. The summed E-state index contributed by atoms with van der Waals surface area (Å²) in [6.45, 7) is 3.35. The third kappa shape index (κ3) is 6.03. The molecule has 0 aromatic heterocycles. The predicted octanol–water partition coefficient (Wildman–Crippen LogP) is 4.01. The molecule has 0 radical (unpaired) electrons. The van der Waals surface area contributed by atoms with Crippen LogP contribution in [0.25, 0.3) is 11.1 Å². The summed E-state index contributed by atoms with van der Waals surface area (Å²) in [5.41, 5.74) is 7.13. The Kier molecular flexibility index (Phi) is 8.21. The molecule has 0 bridgehead atoms. The number of alkyl carbamates (subject to hydrolysis) is 1. The fourth-order valence-electron chi connectivity index (χ4n) is 6.26. The van der Waals surface area contributed by atoms with Crippen LogP contribution in [0.4, 0.5) is 10.5 Å². The van der Waals surface area contributed by atoms with Crippen LogP contribution in [0.1, 0.15) is 35.1 Å². The van der Waals surface area contributed by atoms with Crippen LogP contribution < -0.4 is 10.2 Å². The highest BCUT2D eigenvalue weighted by molar-refractivity contribution is 5.95. The highest BCUT2D eigenvalue weighted by atomic mass is 16.5. The Morgan fingerprint density at radius 1 is 0.976 bits per heavy atom. The maximum absolute atomic E-state index is 12.9. The molecule has 1 aliphatic carbocycles.